The number of nitrogens with zero attached hydrogens (tertiary/aromatic N) is 2. The minimum atomic E-state index is 0.238. The molecule has 0 aliphatic rings. The van der Waals surface area contributed by atoms with Crippen molar-refractivity contribution in [1.82, 2.24) is 15.0 Å². The lowest BCUT2D eigenvalue weighted by molar-refractivity contribution is 0.777. The average molecular weight is 456 g/mol. The normalized spacial score (nSPS) is 12.2. The van der Waals surface area contributed by atoms with Crippen LogP contribution in [0, 0.1) is 0 Å². The third-order valence-corrected chi connectivity index (χ3v) is 7.89. The van der Waals surface area contributed by atoms with Crippen LogP contribution in [0.5, 0.6) is 0 Å². The van der Waals surface area contributed by atoms with E-state index in [1.807, 2.05) is 18.0 Å². The van der Waals surface area contributed by atoms with E-state index < -0.39 is 0 Å². The number of rotatable bonds is 9. The van der Waals surface area contributed by atoms with Gasteiger partial charge < -0.3 is 4.98 Å². The zero-order valence-corrected chi connectivity index (χ0v) is 19.4. The maximum Gasteiger partial charge on any atom is 0.106 e. The third-order valence-electron chi connectivity index (χ3n) is 5.43. The fourth-order valence-electron chi connectivity index (χ4n) is 3.82. The van der Waals surface area contributed by atoms with Gasteiger partial charge in [-0.05, 0) is 36.1 Å². The Balaban J connectivity index is 1.25. The molecule has 3 nitrogen and oxygen atoms in total. The second-order valence-electron chi connectivity index (χ2n) is 7.80. The number of para-hydroxylation sites is 1. The van der Waals surface area contributed by atoms with E-state index >= 15 is 0 Å². The summed E-state index contributed by atoms with van der Waals surface area (Å²) in [6.45, 7) is 0. The minimum absolute atomic E-state index is 0.238. The van der Waals surface area contributed by atoms with E-state index in [9.17, 15) is 0 Å². The number of imidazole rings is 1. The zero-order valence-electron chi connectivity index (χ0n) is 17.8. The molecule has 3 aromatic carbocycles. The molecule has 5 rings (SSSR count). The summed E-state index contributed by atoms with van der Waals surface area (Å²) in [5, 5.41) is 1.44. The van der Waals surface area contributed by atoms with Crippen molar-refractivity contribution in [3.05, 3.63) is 119 Å². The summed E-state index contributed by atoms with van der Waals surface area (Å²) in [5.74, 6) is 2.02. The van der Waals surface area contributed by atoms with E-state index in [0.717, 1.165) is 36.4 Å². The summed E-state index contributed by atoms with van der Waals surface area (Å²) in [6.07, 6.45) is 4.98. The molecule has 0 fully saturated rings. The summed E-state index contributed by atoms with van der Waals surface area (Å²) >= 11 is 3.74. The summed E-state index contributed by atoms with van der Waals surface area (Å²) in [6, 6.07) is 29.7. The van der Waals surface area contributed by atoms with E-state index in [1.165, 1.54) is 26.5 Å². The molecule has 1 unspecified atom stereocenters. The number of fused-ring (bicyclic) bond motifs is 1. The van der Waals surface area contributed by atoms with Gasteiger partial charge in [0.2, 0.25) is 0 Å². The average Bonchev–Trinajstić information content (AvgIpc) is 3.47. The standard InChI is InChI=1S/C27H25N3S2/c1-3-10-20(11-4-1)19-31-27(21-12-5-2-6-13-21)23-18-28-25(29-23)16-9-17-26-30-22-14-7-8-15-24(22)32-26/h1-8,10-15,18,27H,9,16-17,19H2,(H,28,29). The van der Waals surface area contributed by atoms with Crippen LogP contribution in [-0.4, -0.2) is 15.0 Å². The van der Waals surface area contributed by atoms with E-state index in [0.29, 0.717) is 0 Å². The molecule has 1 N–H and O–H groups in total. The number of benzene rings is 3. The predicted octanol–water partition coefficient (Wildman–Crippen LogP) is 7.22. The van der Waals surface area contributed by atoms with Crippen LogP contribution < -0.4 is 0 Å². The highest BCUT2D eigenvalue weighted by Gasteiger charge is 2.17. The second-order valence-corrected chi connectivity index (χ2v) is 10.0. The van der Waals surface area contributed by atoms with Gasteiger partial charge in [0, 0.05) is 18.4 Å². The minimum Gasteiger partial charge on any atom is -0.345 e. The Morgan fingerprint density at radius 1 is 0.844 bits per heavy atom. The Hall–Kier alpha value is -2.89. The molecule has 0 aliphatic heterocycles. The monoisotopic (exact) mass is 455 g/mol. The number of thioether (sulfide) groups is 1. The van der Waals surface area contributed by atoms with Crippen LogP contribution in [0.4, 0.5) is 0 Å². The number of thiazole rings is 1. The highest BCUT2D eigenvalue weighted by molar-refractivity contribution is 7.98. The largest absolute Gasteiger partial charge is 0.345 e. The van der Waals surface area contributed by atoms with Gasteiger partial charge in [0.15, 0.2) is 0 Å². The van der Waals surface area contributed by atoms with Gasteiger partial charge >= 0.3 is 0 Å². The number of hydrogen-bond donors (Lipinski definition) is 1. The first-order chi connectivity index (χ1) is 15.8. The highest BCUT2D eigenvalue weighted by atomic mass is 32.2. The molecule has 0 bridgehead atoms. The van der Waals surface area contributed by atoms with Gasteiger partial charge in [-0.25, -0.2) is 9.97 Å². The number of H-pyrrole nitrogens is 1. The Bertz CT molecular complexity index is 1230. The van der Waals surface area contributed by atoms with Crippen molar-refractivity contribution in [1.29, 1.82) is 0 Å². The van der Waals surface area contributed by atoms with Gasteiger partial charge in [-0.1, -0.05) is 72.8 Å². The molecular formula is C27H25N3S2. The fraction of sp³-hybridized carbons (Fsp3) is 0.185. The quantitative estimate of drug-likeness (QED) is 0.255. The first-order valence-corrected chi connectivity index (χ1v) is 12.8. The van der Waals surface area contributed by atoms with Crippen molar-refractivity contribution in [2.45, 2.75) is 30.3 Å². The van der Waals surface area contributed by atoms with Crippen molar-refractivity contribution >= 4 is 33.3 Å². The molecule has 0 spiro atoms. The van der Waals surface area contributed by atoms with Gasteiger partial charge in [-0.2, -0.15) is 0 Å². The van der Waals surface area contributed by atoms with Gasteiger partial charge in [-0.3, -0.25) is 0 Å². The molecule has 5 heteroatoms. The summed E-state index contributed by atoms with van der Waals surface area (Å²) in [4.78, 5) is 13.1. The first-order valence-electron chi connectivity index (χ1n) is 10.9. The van der Waals surface area contributed by atoms with Crippen molar-refractivity contribution in [3.8, 4) is 0 Å². The lowest BCUT2D eigenvalue weighted by Crippen LogP contribution is -1.99. The zero-order chi connectivity index (χ0) is 21.6. The topological polar surface area (TPSA) is 41.6 Å². The number of hydrogen-bond acceptors (Lipinski definition) is 4. The summed E-state index contributed by atoms with van der Waals surface area (Å²) in [5.41, 5.74) is 4.92. The number of aromatic nitrogens is 3. The van der Waals surface area contributed by atoms with Gasteiger partial charge in [0.1, 0.15) is 5.82 Å². The Kier molecular flexibility index (Phi) is 6.66. The third kappa shape index (κ3) is 5.12. The molecule has 32 heavy (non-hydrogen) atoms. The Labute approximate surface area is 197 Å². The molecule has 2 aromatic heterocycles. The van der Waals surface area contributed by atoms with Crippen LogP contribution in [-0.2, 0) is 18.6 Å². The van der Waals surface area contributed by atoms with E-state index in [4.69, 9.17) is 9.97 Å². The van der Waals surface area contributed by atoms with Gasteiger partial charge in [0.25, 0.3) is 0 Å². The number of aryl methyl sites for hydroxylation is 2. The molecule has 0 aliphatic carbocycles. The van der Waals surface area contributed by atoms with Crippen molar-refractivity contribution in [2.75, 3.05) is 0 Å². The van der Waals surface area contributed by atoms with Crippen LogP contribution >= 0.6 is 23.1 Å². The maximum atomic E-state index is 4.75. The fourth-order valence-corrected chi connectivity index (χ4v) is 6.03. The van der Waals surface area contributed by atoms with Crippen LogP contribution in [0.1, 0.15) is 39.3 Å². The number of aromatic amines is 1. The molecule has 0 amide bonds. The molecule has 160 valence electrons. The molecule has 2 heterocycles. The molecule has 0 saturated carbocycles. The molecular weight excluding hydrogens is 430 g/mol. The van der Waals surface area contributed by atoms with Crippen LogP contribution in [0.25, 0.3) is 10.2 Å². The van der Waals surface area contributed by atoms with E-state index in [2.05, 4.69) is 89.9 Å². The Morgan fingerprint density at radius 3 is 2.41 bits per heavy atom. The predicted molar refractivity (Wildman–Crippen MR) is 136 cm³/mol. The van der Waals surface area contributed by atoms with Crippen LogP contribution in [0.3, 0.4) is 0 Å². The molecule has 0 saturated heterocycles. The van der Waals surface area contributed by atoms with Crippen LogP contribution in [0.15, 0.2) is 91.1 Å². The van der Waals surface area contributed by atoms with Crippen molar-refractivity contribution < 1.29 is 0 Å². The SMILES string of the molecule is c1ccc(CSC(c2ccccc2)c2cnc(CCCc3nc4ccccc4s3)[nH]2)cc1. The van der Waals surface area contributed by atoms with E-state index in [1.54, 1.807) is 11.3 Å². The van der Waals surface area contributed by atoms with Gasteiger partial charge in [-0.15, -0.1) is 23.1 Å². The molecule has 5 aromatic rings. The lowest BCUT2D eigenvalue weighted by atomic mass is 10.1. The number of nitrogens with one attached hydrogen (secondary N) is 1. The molecule has 0 radical (unpaired) electrons. The summed E-state index contributed by atoms with van der Waals surface area (Å²) in [7, 11) is 0. The van der Waals surface area contributed by atoms with Gasteiger partial charge in [0.05, 0.1) is 26.2 Å². The van der Waals surface area contributed by atoms with Crippen molar-refractivity contribution in [3.63, 3.8) is 0 Å². The van der Waals surface area contributed by atoms with Crippen LogP contribution in [0.2, 0.25) is 0 Å². The maximum absolute atomic E-state index is 4.75. The second kappa shape index (κ2) is 10.2. The summed E-state index contributed by atoms with van der Waals surface area (Å²) < 4.78 is 1.27. The first kappa shape index (κ1) is 21.0. The smallest absolute Gasteiger partial charge is 0.106 e. The van der Waals surface area contributed by atoms with E-state index in [-0.39, 0.29) is 5.25 Å². The highest BCUT2D eigenvalue weighted by Crippen LogP contribution is 2.36. The lowest BCUT2D eigenvalue weighted by Gasteiger charge is -2.16. The van der Waals surface area contributed by atoms with Crippen molar-refractivity contribution in [2.24, 2.45) is 0 Å². The molecule has 1 atom stereocenters. The Morgan fingerprint density at radius 2 is 1.59 bits per heavy atom.